The summed E-state index contributed by atoms with van der Waals surface area (Å²) in [5.74, 6) is 0.451. The average molecular weight is 418 g/mol. The van der Waals surface area contributed by atoms with E-state index in [2.05, 4.69) is 40.0 Å². The summed E-state index contributed by atoms with van der Waals surface area (Å²) in [6.07, 6.45) is 2.16. The van der Waals surface area contributed by atoms with E-state index in [1.807, 2.05) is 23.6 Å². The summed E-state index contributed by atoms with van der Waals surface area (Å²) in [5, 5.41) is 5.86. The van der Waals surface area contributed by atoms with E-state index in [0.29, 0.717) is 5.92 Å². The molecule has 20 heavy (non-hydrogen) atoms. The van der Waals surface area contributed by atoms with E-state index in [1.165, 1.54) is 5.56 Å². The maximum absolute atomic E-state index is 12.2. The van der Waals surface area contributed by atoms with E-state index in [0.717, 1.165) is 26.3 Å². The number of thiophene rings is 1. The number of halogens is 2. The van der Waals surface area contributed by atoms with Crippen LogP contribution in [0.2, 0.25) is 5.02 Å². The molecule has 1 amide bonds. The molecule has 2 nitrogen and oxygen atoms in total. The van der Waals surface area contributed by atoms with E-state index in [1.54, 1.807) is 11.3 Å². The van der Waals surface area contributed by atoms with Gasteiger partial charge in [0.05, 0.1) is 8.45 Å². The van der Waals surface area contributed by atoms with Crippen LogP contribution in [-0.4, -0.2) is 11.9 Å². The van der Waals surface area contributed by atoms with Gasteiger partial charge in [-0.15, -0.1) is 11.3 Å². The summed E-state index contributed by atoms with van der Waals surface area (Å²) < 4.78 is 1.04. The topological polar surface area (TPSA) is 29.1 Å². The molecule has 104 valence electrons. The minimum atomic E-state index is 0.0410. The molecule has 0 spiro atoms. The van der Waals surface area contributed by atoms with Gasteiger partial charge in [-0.3, -0.25) is 4.79 Å². The van der Waals surface area contributed by atoms with Crippen molar-refractivity contribution in [1.82, 2.24) is 5.32 Å². The van der Waals surface area contributed by atoms with Gasteiger partial charge < -0.3 is 5.32 Å². The molecule has 2 atom stereocenters. The Bertz CT molecular complexity index is 625. The smallest absolute Gasteiger partial charge is 0.253 e. The van der Waals surface area contributed by atoms with Crippen LogP contribution in [0, 0.1) is 2.88 Å². The highest BCUT2D eigenvalue weighted by molar-refractivity contribution is 14.1. The van der Waals surface area contributed by atoms with Crippen LogP contribution in [0.1, 0.15) is 34.7 Å². The second-order valence-corrected chi connectivity index (χ2v) is 8.09. The zero-order valence-electron chi connectivity index (χ0n) is 10.6. The fourth-order valence-electron chi connectivity index (χ4n) is 2.48. The summed E-state index contributed by atoms with van der Waals surface area (Å²) in [6, 6.07) is 10.1. The summed E-state index contributed by atoms with van der Waals surface area (Å²) in [7, 11) is 0. The first-order chi connectivity index (χ1) is 9.65. The Balaban J connectivity index is 1.68. The third-order valence-corrected chi connectivity index (χ3v) is 6.05. The summed E-state index contributed by atoms with van der Waals surface area (Å²) in [5.41, 5.74) is 2.04. The molecule has 1 heterocycles. The number of nitrogens with one attached hydrogen (secondary N) is 1. The molecular formula is C15H13ClINOS. The van der Waals surface area contributed by atoms with Gasteiger partial charge in [-0.25, -0.2) is 0 Å². The van der Waals surface area contributed by atoms with Crippen molar-refractivity contribution in [3.05, 3.63) is 54.7 Å². The zero-order valence-corrected chi connectivity index (χ0v) is 14.3. The van der Waals surface area contributed by atoms with E-state index in [9.17, 15) is 4.79 Å². The van der Waals surface area contributed by atoms with Gasteiger partial charge in [0.15, 0.2) is 0 Å². The second-order valence-electron chi connectivity index (χ2n) is 4.92. The molecule has 3 rings (SSSR count). The molecule has 0 radical (unpaired) electrons. The molecule has 1 fully saturated rings. The van der Waals surface area contributed by atoms with Gasteiger partial charge in [0, 0.05) is 17.0 Å². The lowest BCUT2D eigenvalue weighted by atomic mass is 9.75. The predicted molar refractivity (Wildman–Crippen MR) is 91.7 cm³/mol. The van der Waals surface area contributed by atoms with E-state index < -0.39 is 0 Å². The predicted octanol–water partition coefficient (Wildman–Crippen LogP) is 4.68. The number of benzene rings is 1. The standard InChI is InChI=1S/C15H13ClINOS/c16-10-3-1-9(2-4-10)11-5-6-13(11)18-15(19)12-7-8-20-14(12)17/h1-4,7-8,11,13H,5-6H2,(H,18,19)/t11-,13-/m0/s1. The maximum atomic E-state index is 12.2. The average Bonchev–Trinajstić information content (AvgIpc) is 2.83. The fourth-order valence-corrected chi connectivity index (χ4v) is 4.09. The normalized spacial score (nSPS) is 21.3. The molecule has 2 aromatic rings. The highest BCUT2D eigenvalue weighted by Gasteiger charge is 2.33. The molecule has 0 unspecified atom stereocenters. The number of amides is 1. The van der Waals surface area contributed by atoms with Crippen molar-refractivity contribution in [3.63, 3.8) is 0 Å². The van der Waals surface area contributed by atoms with Crippen molar-refractivity contribution in [1.29, 1.82) is 0 Å². The van der Waals surface area contributed by atoms with Crippen LogP contribution in [0.4, 0.5) is 0 Å². The van der Waals surface area contributed by atoms with Crippen molar-refractivity contribution < 1.29 is 4.79 Å². The van der Waals surface area contributed by atoms with Gasteiger partial charge in [0.1, 0.15) is 0 Å². The molecule has 0 saturated heterocycles. The highest BCUT2D eigenvalue weighted by atomic mass is 127. The Kier molecular flexibility index (Phi) is 4.33. The first-order valence-electron chi connectivity index (χ1n) is 6.44. The Morgan fingerprint density at radius 1 is 1.25 bits per heavy atom. The Labute approximate surface area is 140 Å². The largest absolute Gasteiger partial charge is 0.349 e. The Hall–Kier alpha value is -0.590. The minimum Gasteiger partial charge on any atom is -0.349 e. The third-order valence-electron chi connectivity index (χ3n) is 3.75. The third kappa shape index (κ3) is 2.87. The maximum Gasteiger partial charge on any atom is 0.253 e. The van der Waals surface area contributed by atoms with E-state index in [4.69, 9.17) is 11.6 Å². The molecule has 1 N–H and O–H groups in total. The second kappa shape index (κ2) is 6.03. The van der Waals surface area contributed by atoms with Crippen LogP contribution >= 0.6 is 45.5 Å². The summed E-state index contributed by atoms with van der Waals surface area (Å²) in [6.45, 7) is 0. The Morgan fingerprint density at radius 3 is 2.55 bits per heavy atom. The van der Waals surface area contributed by atoms with Gasteiger partial charge >= 0.3 is 0 Å². The van der Waals surface area contributed by atoms with Gasteiger partial charge in [-0.1, -0.05) is 23.7 Å². The number of hydrogen-bond acceptors (Lipinski definition) is 2. The molecule has 0 bridgehead atoms. The van der Waals surface area contributed by atoms with Crippen LogP contribution in [0.5, 0.6) is 0 Å². The van der Waals surface area contributed by atoms with Crippen molar-refractivity contribution in [2.75, 3.05) is 0 Å². The van der Waals surface area contributed by atoms with Gasteiger partial charge in [0.2, 0.25) is 0 Å². The first kappa shape index (κ1) is 14.4. The van der Waals surface area contributed by atoms with E-state index >= 15 is 0 Å². The van der Waals surface area contributed by atoms with Gasteiger partial charge in [0.25, 0.3) is 5.91 Å². The SMILES string of the molecule is O=C(N[C@H]1CC[C@H]1c1ccc(Cl)cc1)c1ccsc1I. The summed E-state index contributed by atoms with van der Waals surface area (Å²) in [4.78, 5) is 12.2. The number of rotatable bonds is 3. The highest BCUT2D eigenvalue weighted by Crippen LogP contribution is 2.37. The van der Waals surface area contributed by atoms with Gasteiger partial charge in [-0.05, 0) is 64.6 Å². The molecule has 1 aliphatic rings. The first-order valence-corrected chi connectivity index (χ1v) is 8.78. The fraction of sp³-hybridized carbons (Fsp3) is 0.267. The Morgan fingerprint density at radius 2 is 2.00 bits per heavy atom. The van der Waals surface area contributed by atoms with Crippen LogP contribution < -0.4 is 5.32 Å². The van der Waals surface area contributed by atoms with Crippen molar-refractivity contribution in [3.8, 4) is 0 Å². The lowest BCUT2D eigenvalue weighted by Crippen LogP contribution is -2.45. The monoisotopic (exact) mass is 417 g/mol. The molecule has 1 aromatic carbocycles. The number of hydrogen-bond donors (Lipinski definition) is 1. The molecular weight excluding hydrogens is 405 g/mol. The number of carbonyl (C=O) groups is 1. The van der Waals surface area contributed by atoms with Crippen LogP contribution in [-0.2, 0) is 0 Å². The number of carbonyl (C=O) groups excluding carboxylic acids is 1. The molecule has 5 heteroatoms. The van der Waals surface area contributed by atoms with E-state index in [-0.39, 0.29) is 11.9 Å². The molecule has 0 aliphatic heterocycles. The van der Waals surface area contributed by atoms with Gasteiger partial charge in [-0.2, -0.15) is 0 Å². The zero-order chi connectivity index (χ0) is 14.1. The minimum absolute atomic E-state index is 0.0410. The lowest BCUT2D eigenvalue weighted by molar-refractivity contribution is 0.0904. The van der Waals surface area contributed by atoms with Crippen molar-refractivity contribution in [2.24, 2.45) is 0 Å². The van der Waals surface area contributed by atoms with Crippen molar-refractivity contribution >= 4 is 51.4 Å². The summed E-state index contributed by atoms with van der Waals surface area (Å²) >= 11 is 9.72. The molecule has 1 saturated carbocycles. The van der Waals surface area contributed by atoms with Crippen molar-refractivity contribution in [2.45, 2.75) is 24.8 Å². The molecule has 1 aromatic heterocycles. The lowest BCUT2D eigenvalue weighted by Gasteiger charge is -2.37. The van der Waals surface area contributed by atoms with Crippen LogP contribution in [0.15, 0.2) is 35.7 Å². The van der Waals surface area contributed by atoms with Crippen LogP contribution in [0.3, 0.4) is 0 Å². The molecule has 1 aliphatic carbocycles. The van der Waals surface area contributed by atoms with Crippen LogP contribution in [0.25, 0.3) is 0 Å². The quantitative estimate of drug-likeness (QED) is 0.722.